The molecule has 0 atom stereocenters. The topological polar surface area (TPSA) is 102 Å². The summed E-state index contributed by atoms with van der Waals surface area (Å²) in [6, 6.07) is 21.2. The van der Waals surface area contributed by atoms with E-state index < -0.39 is 0 Å². The van der Waals surface area contributed by atoms with Crippen molar-refractivity contribution < 1.29 is 9.59 Å². The summed E-state index contributed by atoms with van der Waals surface area (Å²) in [5.41, 5.74) is 5.37. The molecule has 0 bridgehead atoms. The lowest BCUT2D eigenvalue weighted by Gasteiger charge is -2.11. The first kappa shape index (κ1) is 24.8. The summed E-state index contributed by atoms with van der Waals surface area (Å²) in [6.07, 6.45) is 5.77. The predicted octanol–water partition coefficient (Wildman–Crippen LogP) is 5.05. The number of nitrogens with zero attached hydrogens (tertiary/aromatic N) is 4. The maximum absolute atomic E-state index is 13.7. The predicted molar refractivity (Wildman–Crippen MR) is 148 cm³/mol. The highest BCUT2D eigenvalue weighted by Gasteiger charge is 2.21. The van der Waals surface area contributed by atoms with Crippen molar-refractivity contribution in [1.29, 1.82) is 0 Å². The number of hydrogen-bond acceptors (Lipinski definition) is 5. The van der Waals surface area contributed by atoms with Gasteiger partial charge in [0.2, 0.25) is 0 Å². The fourth-order valence-electron chi connectivity index (χ4n) is 4.28. The molecule has 2 amide bonds. The van der Waals surface area contributed by atoms with Crippen LogP contribution in [-0.2, 0) is 13.0 Å². The van der Waals surface area contributed by atoms with Gasteiger partial charge < -0.3 is 10.6 Å². The summed E-state index contributed by atoms with van der Waals surface area (Å²) >= 11 is 0. The monoisotopic (exact) mass is 504 g/mol. The maximum atomic E-state index is 13.7. The zero-order valence-corrected chi connectivity index (χ0v) is 21.3. The van der Waals surface area contributed by atoms with Crippen molar-refractivity contribution in [1.82, 2.24) is 25.1 Å². The van der Waals surface area contributed by atoms with E-state index >= 15 is 0 Å². The molecule has 3 heterocycles. The maximum Gasteiger partial charge on any atom is 0.273 e. The van der Waals surface area contributed by atoms with Gasteiger partial charge >= 0.3 is 0 Å². The van der Waals surface area contributed by atoms with Gasteiger partial charge in [-0.25, -0.2) is 4.98 Å². The van der Waals surface area contributed by atoms with Gasteiger partial charge in [-0.15, -0.1) is 0 Å². The second kappa shape index (κ2) is 11.0. The molecule has 0 unspecified atom stereocenters. The number of carbonyl (C=O) groups excluding carboxylic acids is 2. The minimum absolute atomic E-state index is 0.178. The van der Waals surface area contributed by atoms with E-state index in [2.05, 4.69) is 20.7 Å². The number of anilines is 1. The van der Waals surface area contributed by atoms with Gasteiger partial charge in [-0.1, -0.05) is 42.0 Å². The van der Waals surface area contributed by atoms with Crippen LogP contribution < -0.4 is 10.6 Å². The van der Waals surface area contributed by atoms with E-state index in [1.54, 1.807) is 29.3 Å². The zero-order valence-electron chi connectivity index (χ0n) is 21.3. The lowest BCUT2D eigenvalue weighted by molar-refractivity contribution is 0.0949. The Labute approximate surface area is 220 Å². The van der Waals surface area contributed by atoms with Crippen molar-refractivity contribution in [2.24, 2.45) is 0 Å². The van der Waals surface area contributed by atoms with Crippen molar-refractivity contribution in [3.05, 3.63) is 108 Å². The number of aromatic nitrogens is 4. The fraction of sp³-hybridized carbons (Fsp3) is 0.167. The summed E-state index contributed by atoms with van der Waals surface area (Å²) in [7, 11) is 0. The van der Waals surface area contributed by atoms with Crippen LogP contribution in [0.5, 0.6) is 0 Å². The number of aryl methyl sites for hydroxylation is 2. The molecule has 0 aliphatic rings. The van der Waals surface area contributed by atoms with Gasteiger partial charge in [0.15, 0.2) is 5.69 Å². The molecule has 0 saturated carbocycles. The number of rotatable bonds is 8. The number of hydrogen-bond donors (Lipinski definition) is 2. The third-order valence-corrected chi connectivity index (χ3v) is 6.28. The van der Waals surface area contributed by atoms with Gasteiger partial charge in [-0.3, -0.25) is 19.3 Å². The van der Waals surface area contributed by atoms with Crippen molar-refractivity contribution in [2.75, 3.05) is 11.9 Å². The Morgan fingerprint density at radius 3 is 2.50 bits per heavy atom. The van der Waals surface area contributed by atoms with E-state index in [0.29, 0.717) is 42.0 Å². The van der Waals surface area contributed by atoms with E-state index in [-0.39, 0.29) is 17.5 Å². The fourth-order valence-corrected chi connectivity index (χ4v) is 4.28. The third-order valence-electron chi connectivity index (χ3n) is 6.28. The van der Waals surface area contributed by atoms with Crippen LogP contribution in [0.15, 0.2) is 85.3 Å². The molecule has 0 spiro atoms. The van der Waals surface area contributed by atoms with Crippen molar-refractivity contribution >= 4 is 28.4 Å². The lowest BCUT2D eigenvalue weighted by atomic mass is 10.0. The van der Waals surface area contributed by atoms with Crippen LogP contribution in [0.3, 0.4) is 0 Å². The molecule has 0 radical (unpaired) electrons. The summed E-state index contributed by atoms with van der Waals surface area (Å²) < 4.78 is 1.64. The SMILES string of the molecule is CCn1cc(NC(=O)c2cc(-c3ccncc3)nc3ccc(C)cc23)c(C(=O)NCCc2ccccc2)n1. The highest BCUT2D eigenvalue weighted by molar-refractivity contribution is 6.14. The van der Waals surface area contributed by atoms with Crippen LogP contribution in [0.25, 0.3) is 22.2 Å². The van der Waals surface area contributed by atoms with Crippen LogP contribution in [0, 0.1) is 6.92 Å². The van der Waals surface area contributed by atoms with E-state index in [1.165, 1.54) is 0 Å². The Morgan fingerprint density at radius 2 is 1.74 bits per heavy atom. The van der Waals surface area contributed by atoms with E-state index in [0.717, 1.165) is 22.1 Å². The number of pyridine rings is 2. The molecule has 5 rings (SSSR count). The molecule has 5 aromatic rings. The first-order chi connectivity index (χ1) is 18.5. The molecule has 190 valence electrons. The number of fused-ring (bicyclic) bond motifs is 1. The lowest BCUT2D eigenvalue weighted by Crippen LogP contribution is -2.27. The molecular weight excluding hydrogens is 476 g/mol. The van der Waals surface area contributed by atoms with Gasteiger partial charge in [0.05, 0.1) is 22.5 Å². The minimum Gasteiger partial charge on any atom is -0.350 e. The van der Waals surface area contributed by atoms with Crippen molar-refractivity contribution in [3.63, 3.8) is 0 Å². The molecule has 0 aliphatic carbocycles. The molecule has 2 N–H and O–H groups in total. The molecular formula is C30H28N6O2. The molecule has 8 nitrogen and oxygen atoms in total. The minimum atomic E-state index is -0.340. The van der Waals surface area contributed by atoms with Crippen LogP contribution in [-0.4, -0.2) is 38.1 Å². The third kappa shape index (κ3) is 5.44. The van der Waals surface area contributed by atoms with Gasteiger partial charge in [0, 0.05) is 42.6 Å². The Kier molecular flexibility index (Phi) is 7.21. The average Bonchev–Trinajstić information content (AvgIpc) is 3.36. The quantitative estimate of drug-likeness (QED) is 0.308. The smallest absolute Gasteiger partial charge is 0.273 e. The second-order valence-corrected chi connectivity index (χ2v) is 9.00. The first-order valence-corrected chi connectivity index (χ1v) is 12.5. The first-order valence-electron chi connectivity index (χ1n) is 12.5. The summed E-state index contributed by atoms with van der Waals surface area (Å²) in [5.74, 6) is -0.677. The van der Waals surface area contributed by atoms with E-state index in [4.69, 9.17) is 4.98 Å². The Balaban J connectivity index is 1.43. The van der Waals surface area contributed by atoms with Crippen molar-refractivity contribution in [3.8, 4) is 11.3 Å². The zero-order chi connectivity index (χ0) is 26.5. The number of carbonyl (C=O) groups is 2. The molecule has 38 heavy (non-hydrogen) atoms. The number of nitrogens with one attached hydrogen (secondary N) is 2. The summed E-state index contributed by atoms with van der Waals surface area (Å²) in [6.45, 7) is 4.92. The molecule has 8 heteroatoms. The average molecular weight is 505 g/mol. The van der Waals surface area contributed by atoms with Gasteiger partial charge in [-0.2, -0.15) is 5.10 Å². The largest absolute Gasteiger partial charge is 0.350 e. The number of amides is 2. The molecule has 0 fully saturated rings. The summed E-state index contributed by atoms with van der Waals surface area (Å²) in [4.78, 5) is 35.6. The molecule has 0 aliphatic heterocycles. The van der Waals surface area contributed by atoms with Crippen LogP contribution >= 0.6 is 0 Å². The Morgan fingerprint density at radius 1 is 0.947 bits per heavy atom. The highest BCUT2D eigenvalue weighted by atomic mass is 16.2. The van der Waals surface area contributed by atoms with E-state index in [1.807, 2.05) is 74.5 Å². The molecule has 0 saturated heterocycles. The van der Waals surface area contributed by atoms with Crippen LogP contribution in [0.2, 0.25) is 0 Å². The number of benzene rings is 2. The van der Waals surface area contributed by atoms with Crippen LogP contribution in [0.1, 0.15) is 38.9 Å². The normalized spacial score (nSPS) is 10.9. The summed E-state index contributed by atoms with van der Waals surface area (Å²) in [5, 5.41) is 11.0. The van der Waals surface area contributed by atoms with Gasteiger partial charge in [-0.05, 0) is 56.2 Å². The Hall–Kier alpha value is -4.85. The Bertz CT molecular complexity index is 1600. The van der Waals surface area contributed by atoms with E-state index in [9.17, 15) is 9.59 Å². The molecule has 2 aromatic carbocycles. The second-order valence-electron chi connectivity index (χ2n) is 9.00. The van der Waals surface area contributed by atoms with Crippen LogP contribution in [0.4, 0.5) is 5.69 Å². The van der Waals surface area contributed by atoms with Crippen molar-refractivity contribution in [2.45, 2.75) is 26.8 Å². The van der Waals surface area contributed by atoms with Gasteiger partial charge in [0.25, 0.3) is 11.8 Å². The highest BCUT2D eigenvalue weighted by Crippen LogP contribution is 2.27. The van der Waals surface area contributed by atoms with Gasteiger partial charge in [0.1, 0.15) is 0 Å². The standard InChI is InChI=1S/C30H28N6O2/c1-3-36-19-27(28(35-36)30(38)32-16-11-21-7-5-4-6-8-21)34-29(37)24-18-26(22-12-14-31-15-13-22)33-25-10-9-20(2)17-23(24)25/h4-10,12-15,17-19H,3,11,16H2,1-2H3,(H,32,38)(H,34,37). The molecule has 3 aromatic heterocycles.